The van der Waals surface area contributed by atoms with E-state index in [9.17, 15) is 9.59 Å². The predicted octanol–water partition coefficient (Wildman–Crippen LogP) is 3.54. The highest BCUT2D eigenvalue weighted by atomic mass is 16.5. The molecule has 0 aliphatic carbocycles. The van der Waals surface area contributed by atoms with Crippen molar-refractivity contribution < 1.29 is 23.5 Å². The molecule has 2 N–H and O–H groups in total. The topological polar surface area (TPSA) is 93.0 Å². The molecule has 1 atom stereocenters. The van der Waals surface area contributed by atoms with Gasteiger partial charge in [-0.1, -0.05) is 12.1 Å². The van der Waals surface area contributed by atoms with Crippen LogP contribution >= 0.6 is 0 Å². The molecular formula is C26H31N3O5. The number of nitrogens with one attached hydrogen (secondary N) is 2. The van der Waals surface area contributed by atoms with Crippen molar-refractivity contribution in [3.63, 3.8) is 0 Å². The van der Waals surface area contributed by atoms with Gasteiger partial charge < -0.3 is 24.5 Å². The molecule has 0 spiro atoms. The van der Waals surface area contributed by atoms with Crippen molar-refractivity contribution in [3.8, 4) is 11.5 Å². The summed E-state index contributed by atoms with van der Waals surface area (Å²) in [4.78, 5) is 26.8. The summed E-state index contributed by atoms with van der Waals surface area (Å²) in [5, 5.41) is 5.66. The molecule has 34 heavy (non-hydrogen) atoms. The van der Waals surface area contributed by atoms with Gasteiger partial charge in [-0.3, -0.25) is 14.5 Å². The van der Waals surface area contributed by atoms with Crippen LogP contribution in [-0.2, 0) is 17.9 Å². The summed E-state index contributed by atoms with van der Waals surface area (Å²) >= 11 is 0. The lowest BCUT2D eigenvalue weighted by molar-refractivity contribution is -0.123. The van der Waals surface area contributed by atoms with Crippen LogP contribution in [0.4, 0.5) is 0 Å². The molecule has 3 aromatic rings. The molecule has 1 aromatic heterocycles. The second-order valence-electron chi connectivity index (χ2n) is 7.90. The molecule has 1 unspecified atom stereocenters. The molecule has 3 rings (SSSR count). The third kappa shape index (κ3) is 6.62. The van der Waals surface area contributed by atoms with Crippen molar-refractivity contribution in [3.05, 3.63) is 83.3 Å². The fourth-order valence-corrected chi connectivity index (χ4v) is 3.70. The minimum atomic E-state index is -0.283. The zero-order valence-electron chi connectivity index (χ0n) is 20.0. The average molecular weight is 466 g/mol. The van der Waals surface area contributed by atoms with E-state index in [0.717, 1.165) is 16.9 Å². The van der Waals surface area contributed by atoms with Crippen LogP contribution in [0.5, 0.6) is 11.5 Å². The number of carbonyl (C=O) groups excluding carboxylic acids is 2. The lowest BCUT2D eigenvalue weighted by atomic mass is 10.1. The second-order valence-corrected chi connectivity index (χ2v) is 7.90. The fraction of sp³-hybridized carbons (Fsp3) is 0.308. The van der Waals surface area contributed by atoms with E-state index in [4.69, 9.17) is 13.9 Å². The number of nitrogens with zero attached hydrogens (tertiary/aromatic N) is 1. The lowest BCUT2D eigenvalue weighted by Crippen LogP contribution is -2.37. The van der Waals surface area contributed by atoms with Crippen molar-refractivity contribution >= 4 is 11.8 Å². The van der Waals surface area contributed by atoms with E-state index in [1.807, 2.05) is 54.3 Å². The molecule has 180 valence electrons. The summed E-state index contributed by atoms with van der Waals surface area (Å²) in [5.41, 5.74) is 2.40. The largest absolute Gasteiger partial charge is 0.497 e. The molecule has 2 amide bonds. The third-order valence-electron chi connectivity index (χ3n) is 5.46. The van der Waals surface area contributed by atoms with E-state index in [1.165, 1.54) is 0 Å². The van der Waals surface area contributed by atoms with E-state index < -0.39 is 0 Å². The number of amides is 2. The molecule has 2 aromatic carbocycles. The Morgan fingerprint density at radius 3 is 2.41 bits per heavy atom. The number of rotatable bonds is 11. The van der Waals surface area contributed by atoms with Crippen molar-refractivity contribution in [1.29, 1.82) is 0 Å². The quantitative estimate of drug-likeness (QED) is 0.450. The van der Waals surface area contributed by atoms with Gasteiger partial charge in [0.25, 0.3) is 5.91 Å². The van der Waals surface area contributed by atoms with Crippen molar-refractivity contribution in [2.45, 2.75) is 26.1 Å². The molecule has 1 heterocycles. The molecule has 0 bridgehead atoms. The number of benzene rings is 2. The Bertz CT molecular complexity index is 1080. The normalized spacial score (nSPS) is 11.7. The molecule has 8 heteroatoms. The minimum Gasteiger partial charge on any atom is -0.497 e. The summed E-state index contributed by atoms with van der Waals surface area (Å²) in [6.45, 7) is 3.05. The van der Waals surface area contributed by atoms with Crippen LogP contribution in [0.15, 0.2) is 65.3 Å². The van der Waals surface area contributed by atoms with Gasteiger partial charge in [0, 0.05) is 24.7 Å². The van der Waals surface area contributed by atoms with Crippen LogP contribution in [0.3, 0.4) is 0 Å². The van der Waals surface area contributed by atoms with Crippen molar-refractivity contribution in [1.82, 2.24) is 15.5 Å². The number of furan rings is 1. The maximum absolute atomic E-state index is 13.0. The molecule has 0 fully saturated rings. The first-order valence-corrected chi connectivity index (χ1v) is 11.0. The zero-order valence-corrected chi connectivity index (χ0v) is 20.0. The van der Waals surface area contributed by atoms with E-state index in [0.29, 0.717) is 30.2 Å². The Morgan fingerprint density at radius 2 is 1.79 bits per heavy atom. The Hall–Kier alpha value is -3.78. The van der Waals surface area contributed by atoms with Crippen LogP contribution in [0, 0.1) is 0 Å². The molecule has 0 aliphatic rings. The second kappa shape index (κ2) is 11.9. The van der Waals surface area contributed by atoms with Gasteiger partial charge in [-0.2, -0.15) is 0 Å². The smallest absolute Gasteiger partial charge is 0.251 e. The maximum atomic E-state index is 13.0. The van der Waals surface area contributed by atoms with Gasteiger partial charge in [-0.15, -0.1) is 0 Å². The first kappa shape index (κ1) is 24.9. The fourth-order valence-electron chi connectivity index (χ4n) is 3.70. The average Bonchev–Trinajstić information content (AvgIpc) is 3.36. The van der Waals surface area contributed by atoms with Crippen molar-refractivity contribution in [2.24, 2.45) is 0 Å². The first-order chi connectivity index (χ1) is 16.4. The van der Waals surface area contributed by atoms with E-state index >= 15 is 0 Å². The molecule has 0 saturated heterocycles. The Balaban J connectivity index is 1.70. The predicted molar refractivity (Wildman–Crippen MR) is 129 cm³/mol. The molecule has 0 radical (unpaired) electrons. The van der Waals surface area contributed by atoms with Gasteiger partial charge in [0.15, 0.2) is 0 Å². The summed E-state index contributed by atoms with van der Waals surface area (Å²) in [6.07, 6.45) is 1.61. The minimum absolute atomic E-state index is 0.133. The number of ether oxygens (including phenoxy) is 2. The zero-order chi connectivity index (χ0) is 24.5. The van der Waals surface area contributed by atoms with Gasteiger partial charge in [-0.25, -0.2) is 0 Å². The number of carbonyl (C=O) groups is 2. The molecular weight excluding hydrogens is 434 g/mol. The number of hydrogen-bond donors (Lipinski definition) is 2. The van der Waals surface area contributed by atoms with E-state index in [1.54, 1.807) is 39.7 Å². The van der Waals surface area contributed by atoms with Gasteiger partial charge in [0.1, 0.15) is 17.3 Å². The molecule has 0 aliphatic heterocycles. The summed E-state index contributed by atoms with van der Waals surface area (Å²) in [6, 6.07) is 16.2. The lowest BCUT2D eigenvalue weighted by Gasteiger charge is -2.23. The highest BCUT2D eigenvalue weighted by Gasteiger charge is 2.19. The van der Waals surface area contributed by atoms with Crippen molar-refractivity contribution in [2.75, 3.05) is 27.8 Å². The Kier molecular flexibility index (Phi) is 8.70. The van der Waals surface area contributed by atoms with E-state index in [2.05, 4.69) is 10.6 Å². The van der Waals surface area contributed by atoms with Gasteiger partial charge in [-0.05, 0) is 55.0 Å². The van der Waals surface area contributed by atoms with Crippen LogP contribution in [0.25, 0.3) is 0 Å². The highest BCUT2D eigenvalue weighted by Crippen LogP contribution is 2.29. The standard InChI is InChI=1S/C26H31N3O5/c1-18(23-14-21(32-3)11-12-24(23)33-4)28-25(30)17-29(16-22-6-5-13-34-22)15-19-7-9-20(10-8-19)26(31)27-2/h5-14,18H,15-17H2,1-4H3,(H,27,31)(H,28,30). The number of hydrogen-bond acceptors (Lipinski definition) is 6. The maximum Gasteiger partial charge on any atom is 0.251 e. The van der Waals surface area contributed by atoms with E-state index in [-0.39, 0.29) is 24.4 Å². The van der Waals surface area contributed by atoms with Crippen LogP contribution in [-0.4, -0.2) is 44.5 Å². The highest BCUT2D eigenvalue weighted by molar-refractivity contribution is 5.93. The third-order valence-corrected chi connectivity index (χ3v) is 5.46. The van der Waals surface area contributed by atoms with Gasteiger partial charge in [0.05, 0.1) is 39.6 Å². The number of methoxy groups -OCH3 is 2. The monoisotopic (exact) mass is 465 g/mol. The first-order valence-electron chi connectivity index (χ1n) is 11.0. The SMILES string of the molecule is CNC(=O)c1ccc(CN(CC(=O)NC(C)c2cc(OC)ccc2OC)Cc2ccco2)cc1. The Labute approximate surface area is 199 Å². The molecule has 8 nitrogen and oxygen atoms in total. The summed E-state index contributed by atoms with van der Waals surface area (Å²) in [5.74, 6) is 1.86. The summed E-state index contributed by atoms with van der Waals surface area (Å²) < 4.78 is 16.3. The Morgan fingerprint density at radius 1 is 1.03 bits per heavy atom. The van der Waals surface area contributed by atoms with Crippen LogP contribution in [0.2, 0.25) is 0 Å². The van der Waals surface area contributed by atoms with Crippen LogP contribution in [0.1, 0.15) is 40.2 Å². The van der Waals surface area contributed by atoms with Gasteiger partial charge >= 0.3 is 0 Å². The van der Waals surface area contributed by atoms with Gasteiger partial charge in [0.2, 0.25) is 5.91 Å². The van der Waals surface area contributed by atoms with Crippen LogP contribution < -0.4 is 20.1 Å². The summed E-state index contributed by atoms with van der Waals surface area (Å²) in [7, 11) is 4.80. The molecule has 0 saturated carbocycles.